The molecule has 0 rings (SSSR count). The van der Waals surface area contributed by atoms with Crippen LogP contribution < -0.4 is 5.73 Å². The van der Waals surface area contributed by atoms with E-state index in [1.807, 2.05) is 0 Å². The Morgan fingerprint density at radius 3 is 1.17 bits per heavy atom. The van der Waals surface area contributed by atoms with Crippen LogP contribution in [0.4, 0.5) is 0 Å². The zero-order chi connectivity index (χ0) is 2.71. The van der Waals surface area contributed by atoms with E-state index in [2.05, 4.69) is 5.73 Å². The first-order chi connectivity index (χ1) is 1.41. The zero-order valence-corrected chi connectivity index (χ0v) is 3.06. The molecule has 0 aromatic carbocycles. The molecule has 5 heteroatoms. The van der Waals surface area contributed by atoms with E-state index >= 15 is 0 Å². The molecule has 42 valence electrons. The van der Waals surface area contributed by atoms with E-state index < -0.39 is 0 Å². The van der Waals surface area contributed by atoms with Gasteiger partial charge >= 0.3 is 0 Å². The van der Waals surface area contributed by atoms with E-state index in [0.717, 1.165) is 0 Å². The highest BCUT2D eigenvalue weighted by Crippen LogP contribution is 0.798. The summed E-state index contributed by atoms with van der Waals surface area (Å²) in [6, 6.07) is 0. The number of amides is 1. The molecular weight excluding hydrogens is 90.0 g/mol. The summed E-state index contributed by atoms with van der Waals surface area (Å²) in [4.78, 5) is 8.58. The van der Waals surface area contributed by atoms with E-state index in [-0.39, 0.29) is 22.8 Å². The Labute approximate surface area is 34.7 Å². The molecule has 0 spiro atoms. The van der Waals surface area contributed by atoms with Crippen LogP contribution in [0.25, 0.3) is 0 Å². The minimum Gasteiger partial charge on any atom is -0.412 e. The quantitative estimate of drug-likeness (QED) is 0.311. The third kappa shape index (κ3) is 43.8. The molecule has 0 aromatic heterocycles. The molecule has 1 amide bonds. The van der Waals surface area contributed by atoms with Crippen LogP contribution in [0.15, 0.2) is 0 Å². The van der Waals surface area contributed by atoms with Gasteiger partial charge in [-0.2, -0.15) is 0 Å². The van der Waals surface area contributed by atoms with Gasteiger partial charge in [0.1, 0.15) is 0 Å². The van der Waals surface area contributed by atoms with E-state index in [4.69, 9.17) is 4.79 Å². The lowest BCUT2D eigenvalue weighted by atomic mass is 11.5. The highest BCUT2D eigenvalue weighted by Gasteiger charge is 1.19. The molecule has 0 aromatic rings. The predicted octanol–water partition coefficient (Wildman–Crippen LogP) is -3.37. The molecule has 8 N–H and O–H groups in total. The molecule has 0 saturated carbocycles. The van der Waals surface area contributed by atoms with Crippen molar-refractivity contribution in [2.45, 2.75) is 0 Å². The Balaban J connectivity index is -0.00000000667. The maximum atomic E-state index is 8.58. The summed E-state index contributed by atoms with van der Waals surface area (Å²) in [6.45, 7) is 0. The van der Waals surface area contributed by atoms with Crippen molar-refractivity contribution in [3.63, 3.8) is 0 Å². The minimum atomic E-state index is 0. The average Bonchev–Trinajstić information content (AvgIpc) is 0.918. The summed E-state index contributed by atoms with van der Waals surface area (Å²) < 4.78 is 0. The standard InChI is InChI=1S/CH3NO.3H2O/c2-1-3;;;/h1H,(H2,2,3);3*1H2. The molecule has 0 saturated heterocycles. The highest BCUT2D eigenvalue weighted by molar-refractivity contribution is 5.42. The van der Waals surface area contributed by atoms with Gasteiger partial charge in [-0.1, -0.05) is 0 Å². The zero-order valence-electron chi connectivity index (χ0n) is 3.06. The van der Waals surface area contributed by atoms with Crippen LogP contribution in [-0.4, -0.2) is 22.8 Å². The molecular formula is CH9NO4. The van der Waals surface area contributed by atoms with Crippen molar-refractivity contribution in [1.82, 2.24) is 0 Å². The molecule has 0 bridgehead atoms. The fourth-order valence-corrected chi connectivity index (χ4v) is 0. The normalized spacial score (nSPS) is 2.00. The van der Waals surface area contributed by atoms with Crippen LogP contribution >= 0.6 is 0 Å². The molecule has 0 aliphatic rings. The Morgan fingerprint density at radius 1 is 1.17 bits per heavy atom. The van der Waals surface area contributed by atoms with Gasteiger partial charge in [0.25, 0.3) is 0 Å². The first kappa shape index (κ1) is 55.5. The Hall–Kier alpha value is -0.650. The van der Waals surface area contributed by atoms with Crippen molar-refractivity contribution in [3.05, 3.63) is 0 Å². The second kappa shape index (κ2) is 399. The van der Waals surface area contributed by atoms with Crippen LogP contribution in [-0.2, 0) is 4.79 Å². The van der Waals surface area contributed by atoms with Crippen molar-refractivity contribution < 1.29 is 21.2 Å². The van der Waals surface area contributed by atoms with Gasteiger partial charge in [-0.25, -0.2) is 0 Å². The molecule has 5 nitrogen and oxygen atoms in total. The van der Waals surface area contributed by atoms with Crippen LogP contribution in [0.1, 0.15) is 0 Å². The number of hydrogen-bond donors (Lipinski definition) is 1. The van der Waals surface area contributed by atoms with E-state index in [9.17, 15) is 0 Å². The van der Waals surface area contributed by atoms with E-state index in [0.29, 0.717) is 0 Å². The SMILES string of the molecule is NC=O.O.O.O. The van der Waals surface area contributed by atoms with Gasteiger partial charge in [0.05, 0.1) is 0 Å². The van der Waals surface area contributed by atoms with Crippen LogP contribution in [0.2, 0.25) is 0 Å². The molecule has 0 aliphatic carbocycles. The van der Waals surface area contributed by atoms with Crippen molar-refractivity contribution in [3.8, 4) is 0 Å². The summed E-state index contributed by atoms with van der Waals surface area (Å²) in [6.07, 6.45) is 0.250. The molecule has 0 atom stereocenters. The minimum absolute atomic E-state index is 0. The monoisotopic (exact) mass is 99.1 g/mol. The average molecular weight is 99.1 g/mol. The van der Waals surface area contributed by atoms with Gasteiger partial charge in [-0.15, -0.1) is 0 Å². The van der Waals surface area contributed by atoms with Crippen molar-refractivity contribution >= 4 is 6.41 Å². The Bertz CT molecular complexity index is 15.0. The maximum Gasteiger partial charge on any atom is 0.204 e. The van der Waals surface area contributed by atoms with Crippen LogP contribution in [0.3, 0.4) is 0 Å². The third-order valence-corrected chi connectivity index (χ3v) is 0. The fraction of sp³-hybridized carbons (Fsp3) is 0. The largest absolute Gasteiger partial charge is 0.412 e. The summed E-state index contributed by atoms with van der Waals surface area (Å²) in [5, 5.41) is 0. The van der Waals surface area contributed by atoms with Crippen LogP contribution in [0.5, 0.6) is 0 Å². The Kier molecular flexibility index (Phi) is 3690. The summed E-state index contributed by atoms with van der Waals surface area (Å²) >= 11 is 0. The predicted molar refractivity (Wildman–Crippen MR) is 21.1 cm³/mol. The third-order valence-electron chi connectivity index (χ3n) is 0. The molecule has 0 unspecified atom stereocenters. The van der Waals surface area contributed by atoms with Gasteiger partial charge in [-0.3, -0.25) is 4.79 Å². The summed E-state index contributed by atoms with van der Waals surface area (Å²) in [7, 11) is 0. The van der Waals surface area contributed by atoms with Gasteiger partial charge in [-0.05, 0) is 0 Å². The highest BCUT2D eigenvalue weighted by atomic mass is 16.1. The van der Waals surface area contributed by atoms with Gasteiger partial charge in [0, 0.05) is 0 Å². The van der Waals surface area contributed by atoms with Crippen molar-refractivity contribution in [1.29, 1.82) is 0 Å². The number of carbonyl (C=O) groups is 1. The van der Waals surface area contributed by atoms with Gasteiger partial charge in [0.2, 0.25) is 6.41 Å². The Morgan fingerprint density at radius 2 is 1.17 bits per heavy atom. The van der Waals surface area contributed by atoms with Crippen molar-refractivity contribution in [2.75, 3.05) is 0 Å². The lowest BCUT2D eigenvalue weighted by Crippen LogP contribution is -1.82. The van der Waals surface area contributed by atoms with E-state index in [1.54, 1.807) is 0 Å². The maximum absolute atomic E-state index is 8.58. The summed E-state index contributed by atoms with van der Waals surface area (Å²) in [5.41, 5.74) is 4.17. The molecule has 0 heterocycles. The fourth-order valence-electron chi connectivity index (χ4n) is 0. The lowest BCUT2D eigenvalue weighted by molar-refractivity contribution is -0.106. The number of primary amides is 1. The smallest absolute Gasteiger partial charge is 0.204 e. The summed E-state index contributed by atoms with van der Waals surface area (Å²) in [5.74, 6) is 0. The number of carbonyl (C=O) groups excluding carboxylic acids is 1. The van der Waals surface area contributed by atoms with Crippen LogP contribution in [0, 0.1) is 0 Å². The first-order valence-corrected chi connectivity index (χ1v) is 0.569. The first-order valence-electron chi connectivity index (χ1n) is 0.569. The second-order valence-corrected chi connectivity index (χ2v) is 0.136. The molecule has 0 radical (unpaired) electrons. The van der Waals surface area contributed by atoms with Gasteiger partial charge < -0.3 is 22.2 Å². The topological polar surface area (TPSA) is 138 Å². The molecule has 0 aliphatic heterocycles. The lowest BCUT2D eigenvalue weighted by Gasteiger charge is -1.32. The molecule has 0 fully saturated rings. The number of nitrogens with two attached hydrogens (primary N) is 1. The van der Waals surface area contributed by atoms with Crippen molar-refractivity contribution in [2.24, 2.45) is 5.73 Å². The number of rotatable bonds is 0. The number of hydrogen-bond acceptors (Lipinski definition) is 1. The van der Waals surface area contributed by atoms with E-state index in [1.165, 1.54) is 0 Å². The molecule has 6 heavy (non-hydrogen) atoms. The second-order valence-electron chi connectivity index (χ2n) is 0.136. The van der Waals surface area contributed by atoms with Gasteiger partial charge in [0.15, 0.2) is 0 Å².